The van der Waals surface area contributed by atoms with Crippen LogP contribution < -0.4 is 14.4 Å². The second-order valence-corrected chi connectivity index (χ2v) is 11.3. The second-order valence-electron chi connectivity index (χ2n) is 7.83. The molecule has 3 aromatic rings. The lowest BCUT2D eigenvalue weighted by Gasteiger charge is -2.36. The number of thiazole rings is 1. The van der Waals surface area contributed by atoms with Crippen molar-refractivity contribution in [3.8, 4) is 5.75 Å². The standard InChI is InChI=1S/C23H24Cl2N4O4S2.H2/c24-17-3-8-21(20(25)16-17)33-14-1-2-22(30)29-12-10-28(11-13-29)18-4-6-19(7-5-18)35(31,32)27-23-26-9-15-34-23;/h3-9,15-16H,1-2,10-14H2,(H,26,27);1H. The summed E-state index contributed by atoms with van der Waals surface area (Å²) < 4.78 is 33.1. The zero-order chi connectivity index (χ0) is 24.8. The maximum atomic E-state index is 12.6. The summed E-state index contributed by atoms with van der Waals surface area (Å²) in [5.74, 6) is 0.639. The Balaban J connectivity index is 0.00000361. The number of sulfonamides is 1. The molecule has 1 fully saturated rings. The Hall–Kier alpha value is -2.53. The summed E-state index contributed by atoms with van der Waals surface area (Å²) >= 11 is 13.2. The molecule has 1 aliphatic rings. The van der Waals surface area contributed by atoms with Crippen LogP contribution in [0.2, 0.25) is 10.0 Å². The van der Waals surface area contributed by atoms with Crippen LogP contribution in [0, 0.1) is 0 Å². The van der Waals surface area contributed by atoms with Gasteiger partial charge < -0.3 is 14.5 Å². The number of benzene rings is 2. The lowest BCUT2D eigenvalue weighted by atomic mass is 10.2. The summed E-state index contributed by atoms with van der Waals surface area (Å²) in [4.78, 5) is 20.7. The van der Waals surface area contributed by atoms with Crippen molar-refractivity contribution in [1.29, 1.82) is 0 Å². The molecular weight excluding hydrogens is 531 g/mol. The Morgan fingerprint density at radius 1 is 1.11 bits per heavy atom. The topological polar surface area (TPSA) is 91.8 Å². The van der Waals surface area contributed by atoms with Crippen molar-refractivity contribution < 1.29 is 19.4 Å². The van der Waals surface area contributed by atoms with Gasteiger partial charge in [0.1, 0.15) is 5.75 Å². The largest absolute Gasteiger partial charge is 0.492 e. The average Bonchev–Trinajstić information content (AvgIpc) is 3.35. The zero-order valence-corrected chi connectivity index (χ0v) is 21.8. The van der Waals surface area contributed by atoms with Crippen LogP contribution in [0.1, 0.15) is 14.3 Å². The van der Waals surface area contributed by atoms with Gasteiger partial charge in [0.15, 0.2) is 5.13 Å². The molecule has 35 heavy (non-hydrogen) atoms. The number of aromatic nitrogens is 1. The summed E-state index contributed by atoms with van der Waals surface area (Å²) in [5, 5.41) is 3.02. The Labute approximate surface area is 220 Å². The van der Waals surface area contributed by atoms with Crippen LogP contribution >= 0.6 is 34.5 Å². The fraction of sp³-hybridized carbons (Fsp3) is 0.304. The SMILES string of the molecule is O=C(CCCOc1ccc(Cl)cc1Cl)N1CCN(c2ccc(S(=O)(=O)Nc3nccs3)cc2)CC1.[HH]. The van der Waals surface area contributed by atoms with E-state index in [0.717, 1.165) is 5.69 Å². The number of hydrogen-bond donors (Lipinski definition) is 1. The first kappa shape index (κ1) is 25.6. The fourth-order valence-electron chi connectivity index (χ4n) is 3.65. The summed E-state index contributed by atoms with van der Waals surface area (Å²) in [6.07, 6.45) is 2.52. The molecule has 8 nitrogen and oxygen atoms in total. The van der Waals surface area contributed by atoms with Crippen LogP contribution in [-0.2, 0) is 14.8 Å². The first-order valence-corrected chi connectivity index (χ1v) is 14.1. The number of nitrogens with zero attached hydrogens (tertiary/aromatic N) is 3. The minimum Gasteiger partial charge on any atom is -0.492 e. The first-order chi connectivity index (χ1) is 16.8. The van der Waals surface area contributed by atoms with Gasteiger partial charge in [-0.15, -0.1) is 11.3 Å². The van der Waals surface area contributed by atoms with E-state index in [1.165, 1.54) is 11.3 Å². The highest BCUT2D eigenvalue weighted by Crippen LogP contribution is 2.27. The van der Waals surface area contributed by atoms with Crippen molar-refractivity contribution in [3.63, 3.8) is 0 Å². The Morgan fingerprint density at radius 3 is 2.51 bits per heavy atom. The van der Waals surface area contributed by atoms with E-state index in [2.05, 4.69) is 14.6 Å². The van der Waals surface area contributed by atoms with Gasteiger partial charge in [0.05, 0.1) is 16.5 Å². The minimum atomic E-state index is -3.68. The van der Waals surface area contributed by atoms with Crippen molar-refractivity contribution in [2.45, 2.75) is 17.7 Å². The molecular formula is C23H26Cl2N4O4S2. The summed E-state index contributed by atoms with van der Waals surface area (Å²) in [6, 6.07) is 11.8. The van der Waals surface area contributed by atoms with E-state index in [-0.39, 0.29) is 12.2 Å². The lowest BCUT2D eigenvalue weighted by Crippen LogP contribution is -2.48. The number of piperazine rings is 1. The zero-order valence-electron chi connectivity index (χ0n) is 18.7. The molecule has 0 aliphatic carbocycles. The van der Waals surface area contributed by atoms with Crippen LogP contribution in [0.3, 0.4) is 0 Å². The number of amides is 1. The number of hydrogen-bond acceptors (Lipinski definition) is 7. The molecule has 1 aromatic heterocycles. The first-order valence-electron chi connectivity index (χ1n) is 10.9. The Bertz CT molecular complexity index is 1250. The average molecular weight is 558 g/mol. The molecule has 0 spiro atoms. The molecule has 1 N–H and O–H groups in total. The predicted octanol–water partition coefficient (Wildman–Crippen LogP) is 5.00. The lowest BCUT2D eigenvalue weighted by molar-refractivity contribution is -0.131. The molecule has 0 bridgehead atoms. The molecule has 0 radical (unpaired) electrons. The van der Waals surface area contributed by atoms with E-state index in [0.29, 0.717) is 66.6 Å². The summed E-state index contributed by atoms with van der Waals surface area (Å²) in [5.41, 5.74) is 0.915. The normalized spacial score (nSPS) is 14.1. The predicted molar refractivity (Wildman–Crippen MR) is 141 cm³/mol. The van der Waals surface area contributed by atoms with Gasteiger partial charge in [0, 0.05) is 56.3 Å². The highest BCUT2D eigenvalue weighted by Gasteiger charge is 2.22. The maximum absolute atomic E-state index is 12.6. The Morgan fingerprint density at radius 2 is 1.86 bits per heavy atom. The molecule has 12 heteroatoms. The molecule has 0 saturated carbocycles. The van der Waals surface area contributed by atoms with Gasteiger partial charge in [-0.1, -0.05) is 23.2 Å². The van der Waals surface area contributed by atoms with E-state index in [1.54, 1.807) is 54.0 Å². The third-order valence-corrected chi connectivity index (χ3v) is 8.19. The van der Waals surface area contributed by atoms with Crippen LogP contribution in [-0.4, -0.2) is 57.0 Å². The van der Waals surface area contributed by atoms with Gasteiger partial charge in [0.25, 0.3) is 10.0 Å². The smallest absolute Gasteiger partial charge is 0.263 e. The molecule has 2 aromatic carbocycles. The quantitative estimate of drug-likeness (QED) is 0.372. The van der Waals surface area contributed by atoms with E-state index in [1.807, 2.05) is 4.90 Å². The number of carbonyl (C=O) groups excluding carboxylic acids is 1. The van der Waals surface area contributed by atoms with Crippen LogP contribution in [0.25, 0.3) is 0 Å². The number of ether oxygens (including phenoxy) is 1. The third-order valence-electron chi connectivity index (χ3n) is 5.49. The van der Waals surface area contributed by atoms with Crippen LogP contribution in [0.4, 0.5) is 10.8 Å². The van der Waals surface area contributed by atoms with Gasteiger partial charge in [-0.05, 0) is 48.9 Å². The van der Waals surface area contributed by atoms with Crippen molar-refractivity contribution in [1.82, 2.24) is 9.88 Å². The molecule has 0 unspecified atom stereocenters. The van der Waals surface area contributed by atoms with Crippen molar-refractivity contribution in [2.75, 3.05) is 42.4 Å². The van der Waals surface area contributed by atoms with Gasteiger partial charge in [0.2, 0.25) is 5.91 Å². The van der Waals surface area contributed by atoms with Crippen molar-refractivity contribution in [3.05, 3.63) is 64.1 Å². The van der Waals surface area contributed by atoms with E-state index in [4.69, 9.17) is 27.9 Å². The van der Waals surface area contributed by atoms with Gasteiger partial charge >= 0.3 is 0 Å². The molecule has 1 amide bonds. The summed E-state index contributed by atoms with van der Waals surface area (Å²) in [6.45, 7) is 2.95. The summed E-state index contributed by atoms with van der Waals surface area (Å²) in [7, 11) is -3.68. The highest BCUT2D eigenvalue weighted by molar-refractivity contribution is 7.93. The van der Waals surface area contributed by atoms with Crippen LogP contribution in [0.15, 0.2) is 58.9 Å². The van der Waals surface area contributed by atoms with Crippen LogP contribution in [0.5, 0.6) is 5.75 Å². The molecule has 2 heterocycles. The molecule has 1 saturated heterocycles. The second kappa shape index (κ2) is 11.5. The number of anilines is 2. The fourth-order valence-corrected chi connectivity index (χ4v) is 5.91. The van der Waals surface area contributed by atoms with Gasteiger partial charge in [-0.25, -0.2) is 13.4 Å². The molecule has 1 aliphatic heterocycles. The number of carbonyl (C=O) groups is 1. The Kier molecular flexibility index (Phi) is 8.38. The number of halogens is 2. The number of rotatable bonds is 9. The van der Waals surface area contributed by atoms with Gasteiger partial charge in [-0.2, -0.15) is 0 Å². The van der Waals surface area contributed by atoms with Crippen molar-refractivity contribution in [2.24, 2.45) is 0 Å². The van der Waals surface area contributed by atoms with E-state index in [9.17, 15) is 13.2 Å². The monoisotopic (exact) mass is 556 g/mol. The molecule has 188 valence electrons. The minimum absolute atomic E-state index is 0. The van der Waals surface area contributed by atoms with Gasteiger partial charge in [-0.3, -0.25) is 9.52 Å². The molecule has 0 atom stereocenters. The highest BCUT2D eigenvalue weighted by atomic mass is 35.5. The number of nitrogens with one attached hydrogen (secondary N) is 1. The van der Waals surface area contributed by atoms with E-state index < -0.39 is 10.0 Å². The van der Waals surface area contributed by atoms with E-state index >= 15 is 0 Å². The maximum Gasteiger partial charge on any atom is 0.263 e. The molecule has 4 rings (SSSR count). The van der Waals surface area contributed by atoms with Crippen molar-refractivity contribution >= 4 is 61.3 Å². The third kappa shape index (κ3) is 6.78.